The molecule has 1 aliphatic heterocycles. The van der Waals surface area contributed by atoms with Crippen LogP contribution in [0.2, 0.25) is 0 Å². The van der Waals surface area contributed by atoms with Gasteiger partial charge in [0.1, 0.15) is 0 Å². The zero-order valence-corrected chi connectivity index (χ0v) is 13.6. The lowest BCUT2D eigenvalue weighted by molar-refractivity contribution is 0.172. The minimum absolute atomic E-state index is 0.500. The third-order valence-corrected chi connectivity index (χ3v) is 4.87. The summed E-state index contributed by atoms with van der Waals surface area (Å²) in [5.41, 5.74) is 2.43. The van der Waals surface area contributed by atoms with E-state index in [2.05, 4.69) is 37.1 Å². The van der Waals surface area contributed by atoms with Crippen LogP contribution in [0.1, 0.15) is 48.9 Å². The number of methoxy groups -OCH3 is 1. The number of rotatable bonds is 5. The summed E-state index contributed by atoms with van der Waals surface area (Å²) < 4.78 is 7.20. The lowest BCUT2D eigenvalue weighted by Gasteiger charge is -2.31. The third-order valence-electron chi connectivity index (χ3n) is 4.87. The van der Waals surface area contributed by atoms with Crippen molar-refractivity contribution in [1.29, 1.82) is 0 Å². The molecule has 1 saturated carbocycles. The molecule has 0 spiro atoms. The predicted octanol–water partition coefficient (Wildman–Crippen LogP) is 2.40. The van der Waals surface area contributed by atoms with Gasteiger partial charge in [-0.2, -0.15) is 0 Å². The van der Waals surface area contributed by atoms with Crippen molar-refractivity contribution in [2.24, 2.45) is 0 Å². The molecule has 0 radical (unpaired) electrons. The van der Waals surface area contributed by atoms with E-state index in [0.717, 1.165) is 32.5 Å². The number of likely N-dealkylation sites (tertiary alicyclic amines) is 1. The summed E-state index contributed by atoms with van der Waals surface area (Å²) in [5, 5.41) is 8.69. The topological polar surface area (TPSA) is 56.1 Å². The fourth-order valence-corrected chi connectivity index (χ4v) is 3.26. The van der Waals surface area contributed by atoms with Crippen molar-refractivity contribution in [3.63, 3.8) is 0 Å². The van der Waals surface area contributed by atoms with Crippen molar-refractivity contribution < 1.29 is 4.74 Å². The molecule has 4 rings (SSSR count). The van der Waals surface area contributed by atoms with Gasteiger partial charge in [-0.3, -0.25) is 4.90 Å². The van der Waals surface area contributed by atoms with E-state index < -0.39 is 0 Å². The van der Waals surface area contributed by atoms with Crippen molar-refractivity contribution in [1.82, 2.24) is 24.9 Å². The molecule has 2 aromatic heterocycles. The molecular weight excluding hydrogens is 290 g/mol. The van der Waals surface area contributed by atoms with Gasteiger partial charge in [-0.25, -0.2) is 9.67 Å². The molecule has 0 N–H and O–H groups in total. The van der Waals surface area contributed by atoms with Crippen molar-refractivity contribution in [2.45, 2.75) is 44.2 Å². The van der Waals surface area contributed by atoms with Crippen LogP contribution in [0.4, 0.5) is 0 Å². The monoisotopic (exact) mass is 313 g/mol. The van der Waals surface area contributed by atoms with Crippen molar-refractivity contribution in [2.75, 3.05) is 20.2 Å². The lowest BCUT2D eigenvalue weighted by atomic mass is 10.0. The van der Waals surface area contributed by atoms with E-state index in [-0.39, 0.29) is 0 Å². The maximum Gasteiger partial charge on any atom is 0.212 e. The summed E-state index contributed by atoms with van der Waals surface area (Å²) in [6, 6.07) is 4.52. The minimum Gasteiger partial charge on any atom is -0.481 e. The molecule has 0 amide bonds. The molecule has 6 heteroatoms. The molecule has 2 aromatic rings. The van der Waals surface area contributed by atoms with Crippen LogP contribution in [0.3, 0.4) is 0 Å². The van der Waals surface area contributed by atoms with E-state index in [0.29, 0.717) is 17.8 Å². The van der Waals surface area contributed by atoms with Gasteiger partial charge in [-0.05, 0) is 31.2 Å². The Balaban J connectivity index is 1.31. The third kappa shape index (κ3) is 3.37. The first kappa shape index (κ1) is 14.6. The number of ether oxygens (including phenoxy) is 1. The summed E-state index contributed by atoms with van der Waals surface area (Å²) in [5.74, 6) is 1.36. The quantitative estimate of drug-likeness (QED) is 0.848. The molecule has 23 heavy (non-hydrogen) atoms. The van der Waals surface area contributed by atoms with E-state index in [1.54, 1.807) is 7.11 Å². The Morgan fingerprint density at radius 2 is 2.00 bits per heavy atom. The maximum atomic E-state index is 5.11. The zero-order chi connectivity index (χ0) is 15.6. The molecule has 0 bridgehead atoms. The van der Waals surface area contributed by atoms with Gasteiger partial charge in [0.25, 0.3) is 0 Å². The molecule has 1 saturated heterocycles. The Labute approximate surface area is 136 Å². The zero-order valence-electron chi connectivity index (χ0n) is 13.6. The first-order valence-corrected chi connectivity index (χ1v) is 8.45. The largest absolute Gasteiger partial charge is 0.481 e. The van der Waals surface area contributed by atoms with Crippen LogP contribution < -0.4 is 4.74 Å². The minimum atomic E-state index is 0.500. The Bertz CT molecular complexity index is 641. The van der Waals surface area contributed by atoms with Crippen molar-refractivity contribution in [3.8, 4) is 5.88 Å². The molecular formula is C17H23N5O. The van der Waals surface area contributed by atoms with Crippen molar-refractivity contribution in [3.05, 3.63) is 35.8 Å². The van der Waals surface area contributed by atoms with Gasteiger partial charge in [0, 0.05) is 44.0 Å². The Hall–Kier alpha value is -1.95. The molecule has 6 nitrogen and oxygen atoms in total. The van der Waals surface area contributed by atoms with Crippen LogP contribution in [0.5, 0.6) is 5.88 Å². The second kappa shape index (κ2) is 6.28. The van der Waals surface area contributed by atoms with E-state index in [1.165, 1.54) is 24.1 Å². The number of pyridine rings is 1. The number of hydrogen-bond donors (Lipinski definition) is 0. The average Bonchev–Trinajstić information content (AvgIpc) is 3.34. The second-order valence-electron chi connectivity index (χ2n) is 6.61. The first-order chi connectivity index (χ1) is 11.3. The predicted molar refractivity (Wildman–Crippen MR) is 86.3 cm³/mol. The molecule has 0 aromatic carbocycles. The van der Waals surface area contributed by atoms with Crippen molar-refractivity contribution >= 4 is 0 Å². The van der Waals surface area contributed by atoms with Gasteiger partial charge >= 0.3 is 0 Å². The second-order valence-corrected chi connectivity index (χ2v) is 6.61. The van der Waals surface area contributed by atoms with Gasteiger partial charge in [-0.15, -0.1) is 5.10 Å². The number of piperidine rings is 1. The van der Waals surface area contributed by atoms with Crippen LogP contribution in [0, 0.1) is 0 Å². The van der Waals surface area contributed by atoms with Gasteiger partial charge < -0.3 is 4.74 Å². The normalized spacial score (nSPS) is 19.9. The van der Waals surface area contributed by atoms with E-state index >= 15 is 0 Å². The first-order valence-electron chi connectivity index (χ1n) is 8.45. The summed E-state index contributed by atoms with van der Waals surface area (Å²) in [7, 11) is 1.64. The standard InChI is InChI=1S/C17H23N5O/c1-23-17-5-2-13(10-18-17)11-21-8-6-15(7-9-21)22-12-16(19-20-22)14-3-4-14/h2,5,10,12,14-15H,3-4,6-9,11H2,1H3. The molecule has 1 aliphatic carbocycles. The summed E-state index contributed by atoms with van der Waals surface area (Å²) in [6.45, 7) is 3.14. The van der Waals surface area contributed by atoms with Crippen LogP contribution in [0.15, 0.2) is 24.5 Å². The SMILES string of the molecule is COc1ccc(CN2CCC(n3cc(C4CC4)nn3)CC2)cn1. The highest BCUT2D eigenvalue weighted by atomic mass is 16.5. The van der Waals surface area contributed by atoms with Crippen LogP contribution in [-0.2, 0) is 6.54 Å². The average molecular weight is 313 g/mol. The highest BCUT2D eigenvalue weighted by Gasteiger charge is 2.28. The molecule has 122 valence electrons. The number of nitrogens with zero attached hydrogens (tertiary/aromatic N) is 5. The van der Waals surface area contributed by atoms with Crippen LogP contribution in [-0.4, -0.2) is 45.1 Å². The summed E-state index contributed by atoms with van der Waals surface area (Å²) >= 11 is 0. The molecule has 2 aliphatic rings. The summed E-state index contributed by atoms with van der Waals surface area (Å²) in [4.78, 5) is 6.76. The highest BCUT2D eigenvalue weighted by Crippen LogP contribution is 2.39. The van der Waals surface area contributed by atoms with Gasteiger partial charge in [0.2, 0.25) is 5.88 Å². The van der Waals surface area contributed by atoms with Gasteiger partial charge in [-0.1, -0.05) is 11.3 Å². The fraction of sp³-hybridized carbons (Fsp3) is 0.588. The fourth-order valence-electron chi connectivity index (χ4n) is 3.26. The maximum absolute atomic E-state index is 5.11. The smallest absolute Gasteiger partial charge is 0.212 e. The Morgan fingerprint density at radius 1 is 1.17 bits per heavy atom. The molecule has 0 atom stereocenters. The number of hydrogen-bond acceptors (Lipinski definition) is 5. The van der Waals surface area contributed by atoms with E-state index in [4.69, 9.17) is 4.74 Å². The molecule has 3 heterocycles. The van der Waals surface area contributed by atoms with E-state index in [9.17, 15) is 0 Å². The van der Waals surface area contributed by atoms with Crippen LogP contribution in [0.25, 0.3) is 0 Å². The Morgan fingerprint density at radius 3 is 2.65 bits per heavy atom. The number of aromatic nitrogens is 4. The van der Waals surface area contributed by atoms with Gasteiger partial charge in [0.05, 0.1) is 18.8 Å². The van der Waals surface area contributed by atoms with Crippen LogP contribution >= 0.6 is 0 Å². The molecule has 0 unspecified atom stereocenters. The Kier molecular flexibility index (Phi) is 3.99. The van der Waals surface area contributed by atoms with E-state index in [1.807, 2.05) is 12.3 Å². The van der Waals surface area contributed by atoms with Gasteiger partial charge in [0.15, 0.2) is 0 Å². The summed E-state index contributed by atoms with van der Waals surface area (Å²) in [6.07, 6.45) is 8.92. The molecule has 2 fully saturated rings. The lowest BCUT2D eigenvalue weighted by Crippen LogP contribution is -2.34. The highest BCUT2D eigenvalue weighted by molar-refractivity contribution is 5.17.